The van der Waals surface area contributed by atoms with Crippen LogP contribution in [-0.2, 0) is 4.79 Å². The summed E-state index contributed by atoms with van der Waals surface area (Å²) < 4.78 is 0. The highest BCUT2D eigenvalue weighted by atomic mass is 16.4. The summed E-state index contributed by atoms with van der Waals surface area (Å²) in [5, 5.41) is 9.55. The number of aliphatic carboxylic acids is 1. The molecule has 0 heterocycles. The van der Waals surface area contributed by atoms with E-state index >= 15 is 0 Å². The van der Waals surface area contributed by atoms with Gasteiger partial charge in [0.1, 0.15) is 0 Å². The van der Waals surface area contributed by atoms with E-state index in [-0.39, 0.29) is 5.92 Å². The predicted molar refractivity (Wildman–Crippen MR) is 75.1 cm³/mol. The first kappa shape index (κ1) is 12.0. The molecule has 0 radical (unpaired) electrons. The number of hydrogen-bond acceptors (Lipinski definition) is 1. The molecule has 1 aliphatic carbocycles. The van der Waals surface area contributed by atoms with Gasteiger partial charge in [0.2, 0.25) is 0 Å². The summed E-state index contributed by atoms with van der Waals surface area (Å²) in [7, 11) is 0. The molecule has 0 aromatic heterocycles. The largest absolute Gasteiger partial charge is 0.481 e. The molecule has 2 aromatic carbocycles. The van der Waals surface area contributed by atoms with Gasteiger partial charge in [-0.05, 0) is 36.1 Å². The van der Waals surface area contributed by atoms with Crippen molar-refractivity contribution < 1.29 is 9.90 Å². The van der Waals surface area contributed by atoms with E-state index in [1.54, 1.807) is 13.8 Å². The molecule has 96 valence electrons. The monoisotopic (exact) mass is 252 g/mol. The molecule has 2 aromatic rings. The maximum atomic E-state index is 11.6. The Hall–Kier alpha value is -2.09. The Balaban J connectivity index is 2.29. The summed E-state index contributed by atoms with van der Waals surface area (Å²) in [6.07, 6.45) is 0. The van der Waals surface area contributed by atoms with Crippen molar-refractivity contribution in [3.63, 3.8) is 0 Å². The van der Waals surface area contributed by atoms with Crippen molar-refractivity contribution in [2.75, 3.05) is 0 Å². The second-order valence-electron chi connectivity index (χ2n) is 5.63. The number of carboxylic acids is 1. The van der Waals surface area contributed by atoms with Crippen LogP contribution >= 0.6 is 0 Å². The zero-order valence-corrected chi connectivity index (χ0v) is 11.1. The molecular formula is C17H16O2. The van der Waals surface area contributed by atoms with E-state index in [2.05, 4.69) is 12.1 Å². The molecule has 0 amide bonds. The SMILES string of the molecule is CC(C)(C(=O)O)C1c2ccccc2-c2ccccc21. The highest BCUT2D eigenvalue weighted by Crippen LogP contribution is 2.52. The molecule has 0 spiro atoms. The van der Waals surface area contributed by atoms with Crippen molar-refractivity contribution in [3.8, 4) is 11.1 Å². The molecule has 19 heavy (non-hydrogen) atoms. The van der Waals surface area contributed by atoms with Crippen molar-refractivity contribution in [2.45, 2.75) is 19.8 Å². The van der Waals surface area contributed by atoms with E-state index < -0.39 is 11.4 Å². The van der Waals surface area contributed by atoms with E-state index in [0.717, 1.165) is 22.3 Å². The number of carbonyl (C=O) groups is 1. The fourth-order valence-corrected chi connectivity index (χ4v) is 3.06. The predicted octanol–water partition coefficient (Wildman–Crippen LogP) is 3.91. The highest BCUT2D eigenvalue weighted by Gasteiger charge is 2.43. The quantitative estimate of drug-likeness (QED) is 0.879. The van der Waals surface area contributed by atoms with Crippen molar-refractivity contribution in [1.29, 1.82) is 0 Å². The van der Waals surface area contributed by atoms with Crippen LogP contribution in [0.3, 0.4) is 0 Å². The Morgan fingerprint density at radius 3 is 1.79 bits per heavy atom. The third-order valence-electron chi connectivity index (χ3n) is 4.11. The van der Waals surface area contributed by atoms with Crippen LogP contribution in [-0.4, -0.2) is 11.1 Å². The molecule has 0 fully saturated rings. The normalized spacial score (nSPS) is 14.0. The zero-order valence-electron chi connectivity index (χ0n) is 11.1. The number of hydrogen-bond donors (Lipinski definition) is 1. The zero-order chi connectivity index (χ0) is 13.6. The first-order valence-corrected chi connectivity index (χ1v) is 6.45. The van der Waals surface area contributed by atoms with Crippen LogP contribution < -0.4 is 0 Å². The second kappa shape index (κ2) is 3.95. The third kappa shape index (κ3) is 1.60. The molecule has 1 aliphatic rings. The minimum Gasteiger partial charge on any atom is -0.481 e. The van der Waals surface area contributed by atoms with Gasteiger partial charge >= 0.3 is 5.97 Å². The number of carboxylic acid groups (broad SMARTS) is 1. The van der Waals surface area contributed by atoms with Crippen LogP contribution in [0.1, 0.15) is 30.9 Å². The molecule has 0 atom stereocenters. The number of benzene rings is 2. The lowest BCUT2D eigenvalue weighted by atomic mass is 9.73. The van der Waals surface area contributed by atoms with Gasteiger partial charge in [0.05, 0.1) is 5.41 Å². The smallest absolute Gasteiger partial charge is 0.310 e. The van der Waals surface area contributed by atoms with Gasteiger partial charge < -0.3 is 5.11 Å². The van der Waals surface area contributed by atoms with Crippen molar-refractivity contribution in [1.82, 2.24) is 0 Å². The highest BCUT2D eigenvalue weighted by molar-refractivity contribution is 5.84. The maximum Gasteiger partial charge on any atom is 0.310 e. The van der Waals surface area contributed by atoms with E-state index in [4.69, 9.17) is 0 Å². The average Bonchev–Trinajstić information content (AvgIpc) is 2.73. The van der Waals surface area contributed by atoms with Gasteiger partial charge in [0, 0.05) is 5.92 Å². The standard InChI is InChI=1S/C17H16O2/c1-17(2,16(18)19)15-13-9-5-3-7-11(13)12-8-4-6-10-14(12)15/h3-10,15H,1-2H3,(H,18,19). The van der Waals surface area contributed by atoms with Crippen LogP contribution in [0, 0.1) is 5.41 Å². The Labute approximate surface area is 112 Å². The number of rotatable bonds is 2. The van der Waals surface area contributed by atoms with E-state index in [1.807, 2.05) is 36.4 Å². The van der Waals surface area contributed by atoms with Crippen LogP contribution in [0.15, 0.2) is 48.5 Å². The van der Waals surface area contributed by atoms with Gasteiger partial charge in [-0.1, -0.05) is 48.5 Å². The molecular weight excluding hydrogens is 236 g/mol. The molecule has 0 bridgehead atoms. The van der Waals surface area contributed by atoms with Crippen molar-refractivity contribution >= 4 is 5.97 Å². The molecule has 0 saturated heterocycles. The lowest BCUT2D eigenvalue weighted by molar-refractivity contribution is -0.147. The van der Waals surface area contributed by atoms with Crippen LogP contribution in [0.25, 0.3) is 11.1 Å². The Morgan fingerprint density at radius 1 is 0.947 bits per heavy atom. The average molecular weight is 252 g/mol. The Morgan fingerprint density at radius 2 is 1.37 bits per heavy atom. The minimum absolute atomic E-state index is 0.0857. The minimum atomic E-state index is -0.817. The summed E-state index contributed by atoms with van der Waals surface area (Å²) in [4.78, 5) is 11.6. The van der Waals surface area contributed by atoms with Crippen molar-refractivity contribution in [2.24, 2.45) is 5.41 Å². The summed E-state index contributed by atoms with van der Waals surface area (Å²) in [5.41, 5.74) is 3.75. The summed E-state index contributed by atoms with van der Waals surface area (Å²) >= 11 is 0. The van der Waals surface area contributed by atoms with Gasteiger partial charge in [0.25, 0.3) is 0 Å². The molecule has 1 N–H and O–H groups in total. The molecule has 3 rings (SSSR count). The fraction of sp³-hybridized carbons (Fsp3) is 0.235. The second-order valence-corrected chi connectivity index (χ2v) is 5.63. The molecule has 0 unspecified atom stereocenters. The van der Waals surface area contributed by atoms with Gasteiger partial charge in [-0.15, -0.1) is 0 Å². The summed E-state index contributed by atoms with van der Waals surface area (Å²) in [5.74, 6) is -0.846. The lowest BCUT2D eigenvalue weighted by Crippen LogP contribution is -2.31. The van der Waals surface area contributed by atoms with E-state index in [1.165, 1.54) is 0 Å². The van der Waals surface area contributed by atoms with Crippen molar-refractivity contribution in [3.05, 3.63) is 59.7 Å². The van der Waals surface area contributed by atoms with Crippen LogP contribution in [0.4, 0.5) is 0 Å². The van der Waals surface area contributed by atoms with Gasteiger partial charge in [-0.3, -0.25) is 4.79 Å². The van der Waals surface area contributed by atoms with Gasteiger partial charge in [0.15, 0.2) is 0 Å². The first-order chi connectivity index (χ1) is 9.03. The molecule has 0 saturated carbocycles. The third-order valence-corrected chi connectivity index (χ3v) is 4.11. The summed E-state index contributed by atoms with van der Waals surface area (Å²) in [6, 6.07) is 16.2. The van der Waals surface area contributed by atoms with E-state index in [9.17, 15) is 9.90 Å². The molecule has 0 aliphatic heterocycles. The van der Waals surface area contributed by atoms with Crippen LogP contribution in [0.5, 0.6) is 0 Å². The Kier molecular flexibility index (Phi) is 2.49. The topological polar surface area (TPSA) is 37.3 Å². The molecule has 2 nitrogen and oxygen atoms in total. The molecule has 2 heteroatoms. The summed E-state index contributed by atoms with van der Waals surface area (Å²) in [6.45, 7) is 3.61. The fourth-order valence-electron chi connectivity index (χ4n) is 3.06. The Bertz CT molecular complexity index is 610. The van der Waals surface area contributed by atoms with Crippen LogP contribution in [0.2, 0.25) is 0 Å². The maximum absolute atomic E-state index is 11.6. The van der Waals surface area contributed by atoms with E-state index in [0.29, 0.717) is 0 Å². The first-order valence-electron chi connectivity index (χ1n) is 6.45. The lowest BCUT2D eigenvalue weighted by Gasteiger charge is -2.28. The number of fused-ring (bicyclic) bond motifs is 3. The van der Waals surface area contributed by atoms with Gasteiger partial charge in [-0.25, -0.2) is 0 Å². The van der Waals surface area contributed by atoms with Gasteiger partial charge in [-0.2, -0.15) is 0 Å².